The molecule has 0 radical (unpaired) electrons. The van der Waals surface area contributed by atoms with Crippen molar-refractivity contribution in [3.63, 3.8) is 0 Å². The predicted molar refractivity (Wildman–Crippen MR) is 222 cm³/mol. The number of benzene rings is 2. The number of piperidine rings is 1. The summed E-state index contributed by atoms with van der Waals surface area (Å²) in [5.41, 5.74) is 3.26. The molecule has 5 aliphatic rings. The highest BCUT2D eigenvalue weighted by atomic mass is 16.5. The summed E-state index contributed by atoms with van der Waals surface area (Å²) < 4.78 is 15.9. The second kappa shape index (κ2) is 17.2. The summed E-state index contributed by atoms with van der Waals surface area (Å²) >= 11 is 0. The molecular weight excluding hydrogens is 781 g/mol. The molecule has 4 aromatic rings. The van der Waals surface area contributed by atoms with Gasteiger partial charge < -0.3 is 49.7 Å². The second-order valence-corrected chi connectivity index (χ2v) is 17.1. The number of nitrogens with zero attached hydrogens (tertiary/aromatic N) is 4. The summed E-state index contributed by atoms with van der Waals surface area (Å²) in [7, 11) is 1.31. The first-order chi connectivity index (χ1) is 29.6. The third kappa shape index (κ3) is 8.41. The molecule has 9 rings (SSSR count). The molecule has 1 saturated carbocycles. The Kier molecular flexibility index (Phi) is 11.4. The second-order valence-electron chi connectivity index (χ2n) is 17.1. The molecule has 0 bridgehead atoms. The lowest BCUT2D eigenvalue weighted by Gasteiger charge is -2.35. The Hall–Kier alpha value is -5.92. The molecule has 5 fully saturated rings. The maximum absolute atomic E-state index is 14.1. The van der Waals surface area contributed by atoms with Crippen LogP contribution in [0.15, 0.2) is 48.8 Å². The van der Waals surface area contributed by atoms with E-state index in [9.17, 15) is 24.3 Å². The minimum Gasteiger partial charge on any atom is -0.465 e. The minimum atomic E-state index is -1.21. The molecule has 4 aliphatic heterocycles. The van der Waals surface area contributed by atoms with E-state index < -0.39 is 24.3 Å². The van der Waals surface area contributed by atoms with Crippen LogP contribution in [-0.4, -0.2) is 117 Å². The van der Waals surface area contributed by atoms with Gasteiger partial charge in [0.25, 0.3) is 0 Å². The molecule has 16 nitrogen and oxygen atoms in total. The maximum atomic E-state index is 14.1. The first-order valence-electron chi connectivity index (χ1n) is 21.4. The van der Waals surface area contributed by atoms with Gasteiger partial charge in [-0.25, -0.2) is 19.6 Å². The fourth-order valence-electron chi connectivity index (χ4n) is 9.99. The summed E-state index contributed by atoms with van der Waals surface area (Å²) in [5.74, 6) is 7.80. The van der Waals surface area contributed by atoms with Crippen molar-refractivity contribution in [1.29, 1.82) is 0 Å². The number of alkyl carbamates (subject to hydrolysis) is 1. The number of H-pyrrole nitrogens is 2. The Morgan fingerprint density at radius 2 is 1.44 bits per heavy atom. The number of hydrogen-bond donors (Lipinski definition) is 5. The zero-order valence-electron chi connectivity index (χ0n) is 34.4. The number of methoxy groups -OCH3 is 1. The van der Waals surface area contributed by atoms with Crippen LogP contribution in [0.3, 0.4) is 0 Å². The van der Waals surface area contributed by atoms with Crippen LogP contribution in [0.1, 0.15) is 93.3 Å². The standard InChI is InChI=1S/C45H52N8O8/c1-25-3-10-35(52(25)42(54)38(50-44(56)57)27-11-15-60-16-12-27)40-47-24-34(49-40)31-8-7-29-19-26(4-6-30(29)20-31)5-9-33-23-46-41(48-33)37-22-32-21-36(32)53(37)43(55)39(51-45(58)59-2)28-13-17-61-18-14-28/h4,6-8,19-20,23-25,27-28,32,35-39,50H,3,10-18,21-22H2,1-2H3,(H,46,48)(H,47,49)(H,51,58)(H,56,57)/t25-,32-,35-,36+,37-,38-,39-/m0/s1. The van der Waals surface area contributed by atoms with E-state index in [1.165, 1.54) is 7.11 Å². The van der Waals surface area contributed by atoms with Gasteiger partial charge in [0, 0.05) is 49.6 Å². The van der Waals surface area contributed by atoms with Crippen LogP contribution in [0.4, 0.5) is 9.59 Å². The number of likely N-dealkylation sites (tertiary alicyclic amines) is 2. The molecule has 4 amide bonds. The van der Waals surface area contributed by atoms with Crippen LogP contribution in [0.25, 0.3) is 22.0 Å². The van der Waals surface area contributed by atoms with Crippen LogP contribution < -0.4 is 10.6 Å². The van der Waals surface area contributed by atoms with Crippen molar-refractivity contribution < 1.29 is 38.5 Å². The number of carboxylic acid groups (broad SMARTS) is 1. The number of aromatic amines is 2. The molecule has 0 spiro atoms. The number of ether oxygens (including phenoxy) is 3. The van der Waals surface area contributed by atoms with Gasteiger partial charge in [0.2, 0.25) is 11.8 Å². The molecule has 0 unspecified atom stereocenters. The Morgan fingerprint density at radius 3 is 2.16 bits per heavy atom. The normalized spacial score (nSPS) is 25.0. The van der Waals surface area contributed by atoms with E-state index in [0.29, 0.717) is 75.4 Å². The molecule has 6 heterocycles. The average Bonchev–Trinajstić information content (AvgIpc) is 3.75. The predicted octanol–water partition coefficient (Wildman–Crippen LogP) is 5.28. The molecule has 5 N–H and O–H groups in total. The largest absolute Gasteiger partial charge is 0.465 e. The number of rotatable bonds is 9. The van der Waals surface area contributed by atoms with Crippen molar-refractivity contribution in [2.45, 2.75) is 94.5 Å². The fraction of sp³-hybridized carbons (Fsp3) is 0.511. The first kappa shape index (κ1) is 40.5. The minimum absolute atomic E-state index is 0.0350. The van der Waals surface area contributed by atoms with Crippen molar-refractivity contribution >= 4 is 34.8 Å². The molecule has 7 atom stereocenters. The van der Waals surface area contributed by atoms with Gasteiger partial charge >= 0.3 is 12.2 Å². The number of hydrogen-bond acceptors (Lipinski definition) is 9. The van der Waals surface area contributed by atoms with Gasteiger partial charge in [-0.2, -0.15) is 0 Å². The van der Waals surface area contributed by atoms with Gasteiger partial charge in [-0.3, -0.25) is 9.59 Å². The van der Waals surface area contributed by atoms with E-state index in [4.69, 9.17) is 19.2 Å². The molecule has 4 saturated heterocycles. The van der Waals surface area contributed by atoms with E-state index in [2.05, 4.69) is 43.5 Å². The Bertz CT molecular complexity index is 2360. The van der Waals surface area contributed by atoms with Crippen LogP contribution in [-0.2, 0) is 23.8 Å². The Balaban J connectivity index is 0.878. The third-order valence-corrected chi connectivity index (χ3v) is 13.3. The van der Waals surface area contributed by atoms with E-state index in [1.54, 1.807) is 12.4 Å². The molecule has 2 aromatic carbocycles. The molecule has 16 heteroatoms. The monoisotopic (exact) mass is 832 g/mol. The van der Waals surface area contributed by atoms with E-state index in [0.717, 1.165) is 53.3 Å². The van der Waals surface area contributed by atoms with Crippen molar-refractivity contribution in [3.05, 3.63) is 71.7 Å². The van der Waals surface area contributed by atoms with Crippen LogP contribution in [0.5, 0.6) is 0 Å². The number of aromatic nitrogens is 4. The maximum Gasteiger partial charge on any atom is 0.407 e. The Morgan fingerprint density at radius 1 is 0.787 bits per heavy atom. The number of carbonyl (C=O) groups excluding carboxylic acids is 3. The number of nitrogens with one attached hydrogen (secondary N) is 4. The van der Waals surface area contributed by atoms with Gasteiger partial charge in [-0.1, -0.05) is 24.1 Å². The van der Waals surface area contributed by atoms with Crippen LogP contribution in [0, 0.1) is 29.6 Å². The van der Waals surface area contributed by atoms with Crippen molar-refractivity contribution in [1.82, 2.24) is 40.4 Å². The fourth-order valence-corrected chi connectivity index (χ4v) is 9.99. The highest BCUT2D eigenvalue weighted by molar-refractivity contribution is 5.89. The van der Waals surface area contributed by atoms with Crippen molar-refractivity contribution in [3.8, 4) is 23.1 Å². The summed E-state index contributed by atoms with van der Waals surface area (Å²) in [4.78, 5) is 72.2. The van der Waals surface area contributed by atoms with E-state index in [-0.39, 0.29) is 47.8 Å². The zero-order valence-corrected chi connectivity index (χ0v) is 34.4. The lowest BCUT2D eigenvalue weighted by atomic mass is 9.90. The van der Waals surface area contributed by atoms with Gasteiger partial charge in [-0.15, -0.1) is 0 Å². The van der Waals surface area contributed by atoms with Gasteiger partial charge in [0.15, 0.2) is 0 Å². The molecule has 1 aliphatic carbocycles. The van der Waals surface area contributed by atoms with Crippen LogP contribution >= 0.6 is 0 Å². The van der Waals surface area contributed by atoms with Gasteiger partial charge in [0.05, 0.1) is 37.3 Å². The third-order valence-electron chi connectivity index (χ3n) is 13.3. The lowest BCUT2D eigenvalue weighted by molar-refractivity contribution is -0.139. The average molecular weight is 833 g/mol. The van der Waals surface area contributed by atoms with E-state index >= 15 is 0 Å². The van der Waals surface area contributed by atoms with Crippen LogP contribution in [0.2, 0.25) is 0 Å². The van der Waals surface area contributed by atoms with Crippen molar-refractivity contribution in [2.24, 2.45) is 17.8 Å². The molecule has 320 valence electrons. The summed E-state index contributed by atoms with van der Waals surface area (Å²) in [6.07, 6.45) is 7.58. The molecule has 61 heavy (non-hydrogen) atoms. The van der Waals surface area contributed by atoms with Gasteiger partial charge in [0.1, 0.15) is 29.4 Å². The Labute approximate surface area is 353 Å². The SMILES string of the molecule is COC(=O)N[C@H](C(=O)N1[C@@H]2C[C@H]2C[C@H]1c1ncc(C#Cc2ccc3cc(-c4cnc([C@@H]5CC[C@H](C)N5C(=O)[C@@H](NC(=O)O)C5CCOCC5)[nH]4)ccc3c2)[nH]1)C1CCOCC1. The summed E-state index contributed by atoms with van der Waals surface area (Å²) in [6, 6.07) is 10.3. The smallest absolute Gasteiger partial charge is 0.407 e. The van der Waals surface area contributed by atoms with Gasteiger partial charge in [-0.05, 0) is 111 Å². The number of carbonyl (C=O) groups is 4. The summed E-state index contributed by atoms with van der Waals surface area (Å²) in [5, 5.41) is 17.0. The van der Waals surface area contributed by atoms with Crippen molar-refractivity contribution in [2.75, 3.05) is 33.5 Å². The highest BCUT2D eigenvalue weighted by Gasteiger charge is 2.56. The summed E-state index contributed by atoms with van der Waals surface area (Å²) in [6.45, 7) is 4.13. The topological polar surface area (TPSA) is 204 Å². The number of imidazole rings is 2. The molecule has 2 aromatic heterocycles. The quantitative estimate of drug-likeness (QED) is 0.138. The van der Waals surface area contributed by atoms with E-state index in [1.807, 2.05) is 47.1 Å². The zero-order chi connectivity index (χ0) is 42.2. The number of fused-ring (bicyclic) bond motifs is 2. The number of amides is 4. The highest BCUT2D eigenvalue weighted by Crippen LogP contribution is 2.53. The molecular formula is C45H52N8O8. The lowest BCUT2D eigenvalue weighted by Crippen LogP contribution is -2.54. The first-order valence-corrected chi connectivity index (χ1v) is 21.4.